The van der Waals surface area contributed by atoms with Gasteiger partial charge in [0.15, 0.2) is 0 Å². The Morgan fingerprint density at radius 3 is 2.80 bits per heavy atom. The van der Waals surface area contributed by atoms with Gasteiger partial charge in [-0.3, -0.25) is 5.43 Å². The van der Waals surface area contributed by atoms with Crippen LogP contribution in [0, 0.1) is 0 Å². The van der Waals surface area contributed by atoms with Crippen molar-refractivity contribution in [2.45, 2.75) is 18.4 Å². The minimum atomic E-state index is 0.384. The lowest BCUT2D eigenvalue weighted by atomic mass is 9.86. The van der Waals surface area contributed by atoms with Crippen LogP contribution in [-0.2, 0) is 4.74 Å². The molecule has 2 heterocycles. The highest BCUT2D eigenvalue weighted by Gasteiger charge is 2.46. The first-order valence-electron chi connectivity index (χ1n) is 3.90. The summed E-state index contributed by atoms with van der Waals surface area (Å²) in [6.45, 7) is 3.05. The third kappa shape index (κ3) is 0.713. The highest BCUT2D eigenvalue weighted by atomic mass is 16.5. The molecule has 3 nitrogen and oxygen atoms in total. The van der Waals surface area contributed by atoms with Crippen LogP contribution in [0.25, 0.3) is 0 Å². The van der Waals surface area contributed by atoms with Gasteiger partial charge in [-0.25, -0.2) is 5.01 Å². The summed E-state index contributed by atoms with van der Waals surface area (Å²) in [4.78, 5) is 0. The van der Waals surface area contributed by atoms with E-state index in [4.69, 9.17) is 4.74 Å². The van der Waals surface area contributed by atoms with E-state index in [1.54, 1.807) is 0 Å². The van der Waals surface area contributed by atoms with Gasteiger partial charge < -0.3 is 4.74 Å². The summed E-state index contributed by atoms with van der Waals surface area (Å²) in [5.41, 5.74) is 3.57. The molecule has 0 aliphatic carbocycles. The van der Waals surface area contributed by atoms with Gasteiger partial charge >= 0.3 is 0 Å². The summed E-state index contributed by atoms with van der Waals surface area (Å²) < 4.78 is 5.35. The lowest BCUT2D eigenvalue weighted by Gasteiger charge is -2.48. The molecule has 2 rings (SSSR count). The number of hydrogen-bond donors (Lipinski definition) is 1. The van der Waals surface area contributed by atoms with Gasteiger partial charge in [0.25, 0.3) is 0 Å². The van der Waals surface area contributed by atoms with Crippen LogP contribution >= 0.6 is 0 Å². The number of hydrazine groups is 1. The fourth-order valence-corrected chi connectivity index (χ4v) is 1.90. The maximum atomic E-state index is 5.35. The average Bonchev–Trinajstić information content (AvgIpc) is 2.35. The van der Waals surface area contributed by atoms with Crippen LogP contribution in [0.2, 0.25) is 0 Å². The van der Waals surface area contributed by atoms with Crippen LogP contribution < -0.4 is 5.43 Å². The highest BCUT2D eigenvalue weighted by molar-refractivity contribution is 4.99. The molecule has 1 unspecified atom stereocenters. The number of nitrogens with zero attached hydrogens (tertiary/aromatic N) is 1. The van der Waals surface area contributed by atoms with Crippen LogP contribution in [0.3, 0.4) is 0 Å². The molecule has 2 saturated heterocycles. The van der Waals surface area contributed by atoms with E-state index >= 15 is 0 Å². The van der Waals surface area contributed by atoms with Crippen molar-refractivity contribution in [3.8, 4) is 0 Å². The molecule has 2 aliphatic rings. The Morgan fingerprint density at radius 1 is 1.50 bits per heavy atom. The zero-order valence-electron chi connectivity index (χ0n) is 6.39. The quantitative estimate of drug-likeness (QED) is 0.557. The van der Waals surface area contributed by atoms with E-state index in [9.17, 15) is 0 Å². The summed E-state index contributed by atoms with van der Waals surface area (Å²) in [6, 6.07) is 0. The normalized spacial score (nSPS) is 40.5. The first-order chi connectivity index (χ1) is 4.87. The first kappa shape index (κ1) is 6.58. The standard InChI is InChI=1S/C7H14N2O/c1-8-9-4-2-7(9)3-5-10-6-7/h8H,2-6H2,1H3. The average molecular weight is 142 g/mol. The molecule has 58 valence electrons. The van der Waals surface area contributed by atoms with Crippen molar-refractivity contribution < 1.29 is 4.74 Å². The second kappa shape index (κ2) is 2.19. The van der Waals surface area contributed by atoms with E-state index in [0.29, 0.717) is 5.54 Å². The van der Waals surface area contributed by atoms with Gasteiger partial charge in [0, 0.05) is 13.2 Å². The van der Waals surface area contributed by atoms with Crippen molar-refractivity contribution in [3.63, 3.8) is 0 Å². The molecular formula is C7H14N2O. The Morgan fingerprint density at radius 2 is 2.40 bits per heavy atom. The van der Waals surface area contributed by atoms with Crippen LogP contribution in [0.4, 0.5) is 0 Å². The summed E-state index contributed by atoms with van der Waals surface area (Å²) in [7, 11) is 1.99. The Balaban J connectivity index is 2.01. The molecule has 0 radical (unpaired) electrons. The first-order valence-corrected chi connectivity index (χ1v) is 3.90. The van der Waals surface area contributed by atoms with Crippen molar-refractivity contribution in [2.75, 3.05) is 26.8 Å². The molecule has 0 bridgehead atoms. The SMILES string of the molecule is CNN1CCC12CCOC2. The number of rotatable bonds is 1. The van der Waals surface area contributed by atoms with Crippen LogP contribution in [0.5, 0.6) is 0 Å². The monoisotopic (exact) mass is 142 g/mol. The maximum absolute atomic E-state index is 5.35. The fourth-order valence-electron chi connectivity index (χ4n) is 1.90. The molecule has 0 amide bonds. The van der Waals surface area contributed by atoms with E-state index in [1.807, 2.05) is 7.05 Å². The van der Waals surface area contributed by atoms with Gasteiger partial charge in [-0.2, -0.15) is 0 Å². The lowest BCUT2D eigenvalue weighted by molar-refractivity contribution is -0.0552. The summed E-state index contributed by atoms with van der Waals surface area (Å²) in [6.07, 6.45) is 2.50. The number of hydrogen-bond acceptors (Lipinski definition) is 3. The molecule has 0 aromatic heterocycles. The Labute approximate surface area is 61.3 Å². The predicted molar refractivity (Wildman–Crippen MR) is 38.5 cm³/mol. The third-order valence-corrected chi connectivity index (χ3v) is 2.73. The molecule has 2 fully saturated rings. The van der Waals surface area contributed by atoms with Gasteiger partial charge in [-0.05, 0) is 19.9 Å². The molecule has 10 heavy (non-hydrogen) atoms. The molecule has 1 spiro atoms. The summed E-state index contributed by atoms with van der Waals surface area (Å²) in [5, 5.41) is 2.29. The molecule has 0 aromatic carbocycles. The number of ether oxygens (including phenoxy) is 1. The molecule has 0 saturated carbocycles. The third-order valence-electron chi connectivity index (χ3n) is 2.73. The molecule has 2 aliphatic heterocycles. The zero-order valence-corrected chi connectivity index (χ0v) is 6.39. The van der Waals surface area contributed by atoms with E-state index in [2.05, 4.69) is 10.4 Å². The molecular weight excluding hydrogens is 128 g/mol. The van der Waals surface area contributed by atoms with Crippen molar-refractivity contribution in [1.82, 2.24) is 10.4 Å². The zero-order chi connectivity index (χ0) is 7.03. The van der Waals surface area contributed by atoms with Crippen molar-refractivity contribution in [1.29, 1.82) is 0 Å². The fraction of sp³-hybridized carbons (Fsp3) is 1.00. The van der Waals surface area contributed by atoms with Gasteiger partial charge in [0.05, 0.1) is 12.1 Å². The second-order valence-electron chi connectivity index (χ2n) is 3.15. The highest BCUT2D eigenvalue weighted by Crippen LogP contribution is 2.35. The second-order valence-corrected chi connectivity index (χ2v) is 3.15. The Kier molecular flexibility index (Phi) is 1.44. The van der Waals surface area contributed by atoms with Gasteiger partial charge in [0.2, 0.25) is 0 Å². The molecule has 0 aromatic rings. The van der Waals surface area contributed by atoms with Crippen LogP contribution in [0.1, 0.15) is 12.8 Å². The van der Waals surface area contributed by atoms with Crippen LogP contribution in [-0.4, -0.2) is 37.4 Å². The minimum absolute atomic E-state index is 0.384. The summed E-state index contributed by atoms with van der Waals surface area (Å²) in [5.74, 6) is 0. The number of nitrogens with one attached hydrogen (secondary N) is 1. The largest absolute Gasteiger partial charge is 0.379 e. The van der Waals surface area contributed by atoms with E-state index in [0.717, 1.165) is 13.2 Å². The smallest absolute Gasteiger partial charge is 0.0665 e. The maximum Gasteiger partial charge on any atom is 0.0665 e. The summed E-state index contributed by atoms with van der Waals surface area (Å²) >= 11 is 0. The van der Waals surface area contributed by atoms with E-state index in [1.165, 1.54) is 19.4 Å². The molecule has 1 N–H and O–H groups in total. The van der Waals surface area contributed by atoms with Crippen molar-refractivity contribution >= 4 is 0 Å². The Bertz CT molecular complexity index is 130. The van der Waals surface area contributed by atoms with Gasteiger partial charge in [-0.1, -0.05) is 0 Å². The van der Waals surface area contributed by atoms with Crippen molar-refractivity contribution in [2.24, 2.45) is 0 Å². The van der Waals surface area contributed by atoms with Gasteiger partial charge in [0.1, 0.15) is 0 Å². The molecule has 1 atom stereocenters. The topological polar surface area (TPSA) is 24.5 Å². The lowest BCUT2D eigenvalue weighted by Crippen LogP contribution is -2.64. The molecule has 3 heteroatoms. The van der Waals surface area contributed by atoms with Crippen molar-refractivity contribution in [3.05, 3.63) is 0 Å². The van der Waals surface area contributed by atoms with Crippen LogP contribution in [0.15, 0.2) is 0 Å². The predicted octanol–water partition coefficient (Wildman–Crippen LogP) is -0.0144. The van der Waals surface area contributed by atoms with E-state index < -0.39 is 0 Å². The van der Waals surface area contributed by atoms with E-state index in [-0.39, 0.29) is 0 Å². The Hall–Kier alpha value is -0.120. The van der Waals surface area contributed by atoms with Gasteiger partial charge in [-0.15, -0.1) is 0 Å². The minimum Gasteiger partial charge on any atom is -0.379 e.